The minimum absolute atomic E-state index is 0.104. The normalized spacial score (nSPS) is 10.2. The SMILES string of the molecule is Cc1cccc(N(C)c2ccc([N+](=O)[O-])cc2C(=O)O)c1. The molecule has 0 aliphatic carbocycles. The molecule has 2 rings (SSSR count). The van der Waals surface area contributed by atoms with Crippen molar-refractivity contribution in [1.29, 1.82) is 0 Å². The summed E-state index contributed by atoms with van der Waals surface area (Å²) >= 11 is 0. The van der Waals surface area contributed by atoms with Crippen LogP contribution >= 0.6 is 0 Å². The number of aryl methyl sites for hydroxylation is 1. The molecule has 6 heteroatoms. The number of non-ortho nitro benzene ring substituents is 1. The number of nitro groups is 1. The lowest BCUT2D eigenvalue weighted by Gasteiger charge is -2.21. The van der Waals surface area contributed by atoms with Gasteiger partial charge in [-0.1, -0.05) is 12.1 Å². The van der Waals surface area contributed by atoms with Gasteiger partial charge in [-0.3, -0.25) is 10.1 Å². The predicted octanol–water partition coefficient (Wildman–Crippen LogP) is 3.37. The number of nitro benzene ring substituents is 1. The van der Waals surface area contributed by atoms with E-state index in [2.05, 4.69) is 0 Å². The van der Waals surface area contributed by atoms with Gasteiger partial charge in [0.05, 0.1) is 16.2 Å². The van der Waals surface area contributed by atoms with Gasteiger partial charge in [-0.2, -0.15) is 0 Å². The van der Waals surface area contributed by atoms with Gasteiger partial charge in [-0.05, 0) is 30.7 Å². The van der Waals surface area contributed by atoms with Crippen molar-refractivity contribution < 1.29 is 14.8 Å². The minimum Gasteiger partial charge on any atom is -0.478 e. The van der Waals surface area contributed by atoms with Crippen LogP contribution in [-0.4, -0.2) is 23.0 Å². The average Bonchev–Trinajstić information content (AvgIpc) is 2.45. The Morgan fingerprint density at radius 3 is 2.52 bits per heavy atom. The molecule has 0 bridgehead atoms. The van der Waals surface area contributed by atoms with Crippen LogP contribution in [0.1, 0.15) is 15.9 Å². The maximum absolute atomic E-state index is 11.4. The second kappa shape index (κ2) is 5.62. The van der Waals surface area contributed by atoms with Crippen LogP contribution in [0, 0.1) is 17.0 Å². The fourth-order valence-electron chi connectivity index (χ4n) is 2.08. The largest absolute Gasteiger partial charge is 0.478 e. The number of hydrogen-bond acceptors (Lipinski definition) is 4. The van der Waals surface area contributed by atoms with Crippen molar-refractivity contribution >= 4 is 23.0 Å². The molecular weight excluding hydrogens is 272 g/mol. The van der Waals surface area contributed by atoms with Gasteiger partial charge in [0.2, 0.25) is 0 Å². The van der Waals surface area contributed by atoms with Crippen LogP contribution in [0.4, 0.5) is 17.1 Å². The number of hydrogen-bond donors (Lipinski definition) is 1. The number of benzene rings is 2. The highest BCUT2D eigenvalue weighted by Crippen LogP contribution is 2.30. The van der Waals surface area contributed by atoms with E-state index in [4.69, 9.17) is 0 Å². The summed E-state index contributed by atoms with van der Waals surface area (Å²) in [5, 5.41) is 20.0. The van der Waals surface area contributed by atoms with Crippen LogP contribution in [0.5, 0.6) is 0 Å². The lowest BCUT2D eigenvalue weighted by molar-refractivity contribution is -0.384. The van der Waals surface area contributed by atoms with Gasteiger partial charge in [-0.25, -0.2) is 4.79 Å². The summed E-state index contributed by atoms with van der Waals surface area (Å²) in [4.78, 5) is 23.2. The summed E-state index contributed by atoms with van der Waals surface area (Å²) in [6.45, 7) is 1.94. The van der Waals surface area contributed by atoms with Crippen LogP contribution in [-0.2, 0) is 0 Å². The summed E-state index contributed by atoms with van der Waals surface area (Å²) in [6.07, 6.45) is 0. The van der Waals surface area contributed by atoms with E-state index in [-0.39, 0.29) is 11.3 Å². The Kier molecular flexibility index (Phi) is 3.89. The molecule has 0 aromatic heterocycles. The highest BCUT2D eigenvalue weighted by Gasteiger charge is 2.19. The molecule has 0 spiro atoms. The molecule has 2 aromatic rings. The third kappa shape index (κ3) is 3.00. The van der Waals surface area contributed by atoms with E-state index in [9.17, 15) is 20.0 Å². The first-order chi connectivity index (χ1) is 9.90. The fourth-order valence-corrected chi connectivity index (χ4v) is 2.08. The molecular formula is C15H14N2O4. The first-order valence-electron chi connectivity index (χ1n) is 6.22. The molecule has 0 heterocycles. The molecule has 1 N–H and O–H groups in total. The van der Waals surface area contributed by atoms with Crippen LogP contribution in [0.25, 0.3) is 0 Å². The van der Waals surface area contributed by atoms with Gasteiger partial charge in [0.25, 0.3) is 5.69 Å². The van der Waals surface area contributed by atoms with Crippen molar-refractivity contribution in [2.45, 2.75) is 6.92 Å². The zero-order valence-electron chi connectivity index (χ0n) is 11.6. The van der Waals surface area contributed by atoms with Crippen molar-refractivity contribution in [3.05, 3.63) is 63.7 Å². The summed E-state index contributed by atoms with van der Waals surface area (Å²) in [5.74, 6) is -1.20. The van der Waals surface area contributed by atoms with Crippen LogP contribution in [0.15, 0.2) is 42.5 Å². The molecule has 0 saturated carbocycles. The first kappa shape index (κ1) is 14.5. The Morgan fingerprint density at radius 2 is 1.95 bits per heavy atom. The quantitative estimate of drug-likeness (QED) is 0.688. The van der Waals surface area contributed by atoms with Gasteiger partial charge in [0, 0.05) is 24.9 Å². The Hall–Kier alpha value is -2.89. The standard InChI is InChI=1S/C15H14N2O4/c1-10-4-3-5-11(8-10)16(2)14-7-6-12(17(20)21)9-13(14)15(18)19/h3-9H,1-2H3,(H,18,19). The Labute approximate surface area is 121 Å². The lowest BCUT2D eigenvalue weighted by Crippen LogP contribution is -2.14. The van der Waals surface area contributed by atoms with Crippen LogP contribution in [0.2, 0.25) is 0 Å². The Balaban J connectivity index is 2.52. The molecule has 0 fully saturated rings. The highest BCUT2D eigenvalue weighted by molar-refractivity contribution is 5.96. The number of carboxylic acid groups (broad SMARTS) is 1. The zero-order chi connectivity index (χ0) is 15.6. The van der Waals surface area contributed by atoms with Gasteiger partial charge in [0.1, 0.15) is 0 Å². The summed E-state index contributed by atoms with van der Waals surface area (Å²) in [7, 11) is 1.72. The van der Waals surface area contributed by atoms with Gasteiger partial charge in [0.15, 0.2) is 0 Å². The third-order valence-corrected chi connectivity index (χ3v) is 3.17. The minimum atomic E-state index is -1.20. The molecule has 0 radical (unpaired) electrons. The lowest BCUT2D eigenvalue weighted by atomic mass is 10.1. The molecule has 0 amide bonds. The molecule has 0 saturated heterocycles. The van der Waals surface area contributed by atoms with E-state index in [1.165, 1.54) is 12.1 Å². The Bertz CT molecular complexity index is 713. The van der Waals surface area contributed by atoms with E-state index in [1.807, 2.05) is 31.2 Å². The van der Waals surface area contributed by atoms with Crippen molar-refractivity contribution in [2.24, 2.45) is 0 Å². The molecule has 21 heavy (non-hydrogen) atoms. The molecule has 6 nitrogen and oxygen atoms in total. The average molecular weight is 286 g/mol. The fraction of sp³-hybridized carbons (Fsp3) is 0.133. The van der Waals surface area contributed by atoms with Crippen molar-refractivity contribution in [2.75, 3.05) is 11.9 Å². The van der Waals surface area contributed by atoms with Crippen LogP contribution in [0.3, 0.4) is 0 Å². The maximum Gasteiger partial charge on any atom is 0.338 e. The van der Waals surface area contributed by atoms with Crippen molar-refractivity contribution in [3.63, 3.8) is 0 Å². The molecule has 2 aromatic carbocycles. The van der Waals surface area contributed by atoms with E-state index in [0.717, 1.165) is 17.3 Å². The number of carbonyl (C=O) groups is 1. The second-order valence-electron chi connectivity index (χ2n) is 4.66. The smallest absolute Gasteiger partial charge is 0.338 e. The summed E-state index contributed by atoms with van der Waals surface area (Å²) in [5.41, 5.74) is 1.91. The second-order valence-corrected chi connectivity index (χ2v) is 4.66. The van der Waals surface area contributed by atoms with E-state index in [1.54, 1.807) is 11.9 Å². The predicted molar refractivity (Wildman–Crippen MR) is 79.3 cm³/mol. The number of rotatable bonds is 4. The van der Waals surface area contributed by atoms with E-state index >= 15 is 0 Å². The molecule has 0 aliphatic rings. The molecule has 0 unspecified atom stereocenters. The van der Waals surface area contributed by atoms with Crippen LogP contribution < -0.4 is 4.90 Å². The topological polar surface area (TPSA) is 83.7 Å². The summed E-state index contributed by atoms with van der Waals surface area (Å²) < 4.78 is 0. The monoisotopic (exact) mass is 286 g/mol. The zero-order valence-corrected chi connectivity index (χ0v) is 11.6. The van der Waals surface area contributed by atoms with Gasteiger partial charge < -0.3 is 10.0 Å². The van der Waals surface area contributed by atoms with Gasteiger partial charge >= 0.3 is 5.97 Å². The van der Waals surface area contributed by atoms with E-state index in [0.29, 0.717) is 5.69 Å². The molecule has 0 aliphatic heterocycles. The number of carboxylic acids is 1. The molecule has 0 atom stereocenters. The maximum atomic E-state index is 11.4. The summed E-state index contributed by atoms with van der Waals surface area (Å²) in [6, 6.07) is 11.4. The molecule has 108 valence electrons. The van der Waals surface area contributed by atoms with Crippen molar-refractivity contribution in [3.8, 4) is 0 Å². The first-order valence-corrected chi connectivity index (χ1v) is 6.22. The van der Waals surface area contributed by atoms with Crippen molar-refractivity contribution in [1.82, 2.24) is 0 Å². The number of nitrogens with zero attached hydrogens (tertiary/aromatic N) is 2. The van der Waals surface area contributed by atoms with E-state index < -0.39 is 10.9 Å². The van der Waals surface area contributed by atoms with Gasteiger partial charge in [-0.15, -0.1) is 0 Å². The third-order valence-electron chi connectivity index (χ3n) is 3.17. The number of anilines is 2. The highest BCUT2D eigenvalue weighted by atomic mass is 16.6. The Morgan fingerprint density at radius 1 is 1.24 bits per heavy atom. The number of aromatic carboxylic acids is 1.